The van der Waals surface area contributed by atoms with Gasteiger partial charge in [-0.25, -0.2) is 4.98 Å². The fourth-order valence-electron chi connectivity index (χ4n) is 2.01. The quantitative estimate of drug-likeness (QED) is 0.852. The minimum Gasteiger partial charge on any atom is -0.477 e. The molecule has 0 radical (unpaired) electrons. The highest BCUT2D eigenvalue weighted by Gasteiger charge is 2.13. The predicted molar refractivity (Wildman–Crippen MR) is 86.4 cm³/mol. The molecule has 1 heterocycles. The van der Waals surface area contributed by atoms with Gasteiger partial charge in [0.15, 0.2) is 0 Å². The van der Waals surface area contributed by atoms with E-state index < -0.39 is 0 Å². The Bertz CT molecular complexity index is 684. The van der Waals surface area contributed by atoms with Crippen LogP contribution in [-0.2, 0) is 6.54 Å². The molecule has 0 unspecified atom stereocenters. The van der Waals surface area contributed by atoms with Crippen LogP contribution in [0.25, 0.3) is 0 Å². The number of aromatic nitrogens is 1. The Labute approximate surface area is 134 Å². The van der Waals surface area contributed by atoms with Crippen LogP contribution in [-0.4, -0.2) is 30.5 Å². The zero-order valence-electron chi connectivity index (χ0n) is 13.1. The van der Waals surface area contributed by atoms with Crippen LogP contribution in [0.15, 0.2) is 42.6 Å². The van der Waals surface area contributed by atoms with Crippen LogP contribution in [0.1, 0.15) is 33.2 Å². The Morgan fingerprint density at radius 3 is 2.52 bits per heavy atom. The highest BCUT2D eigenvalue weighted by molar-refractivity contribution is 5.96. The summed E-state index contributed by atoms with van der Waals surface area (Å²) >= 11 is 0. The normalized spacial score (nSPS) is 10.0. The van der Waals surface area contributed by atoms with Crippen LogP contribution < -0.4 is 15.4 Å². The van der Waals surface area contributed by atoms with Gasteiger partial charge in [0.2, 0.25) is 5.88 Å². The molecule has 0 saturated heterocycles. The molecule has 6 nitrogen and oxygen atoms in total. The zero-order chi connectivity index (χ0) is 16.7. The first kappa shape index (κ1) is 16.5. The van der Waals surface area contributed by atoms with Crippen molar-refractivity contribution in [3.63, 3.8) is 0 Å². The van der Waals surface area contributed by atoms with E-state index in [0.717, 1.165) is 5.56 Å². The van der Waals surface area contributed by atoms with Gasteiger partial charge in [-0.05, 0) is 36.8 Å². The van der Waals surface area contributed by atoms with Crippen molar-refractivity contribution in [1.82, 2.24) is 15.6 Å². The van der Waals surface area contributed by atoms with E-state index in [-0.39, 0.29) is 11.8 Å². The second-order valence-corrected chi connectivity index (χ2v) is 4.75. The summed E-state index contributed by atoms with van der Waals surface area (Å²) in [5.74, 6) is -0.0725. The Morgan fingerprint density at radius 2 is 1.87 bits per heavy atom. The zero-order valence-corrected chi connectivity index (χ0v) is 13.1. The van der Waals surface area contributed by atoms with Crippen molar-refractivity contribution in [2.24, 2.45) is 0 Å². The molecule has 0 aliphatic heterocycles. The molecular weight excluding hydrogens is 294 g/mol. The number of carbonyl (C=O) groups excluding carboxylic acids is 2. The number of nitrogens with zero attached hydrogens (tertiary/aromatic N) is 1. The van der Waals surface area contributed by atoms with Crippen LogP contribution in [0.4, 0.5) is 0 Å². The number of ether oxygens (including phenoxy) is 1. The van der Waals surface area contributed by atoms with Crippen LogP contribution in [0.5, 0.6) is 5.88 Å². The van der Waals surface area contributed by atoms with Gasteiger partial charge in [0.25, 0.3) is 11.8 Å². The molecule has 0 fully saturated rings. The highest BCUT2D eigenvalue weighted by Crippen LogP contribution is 2.14. The second kappa shape index (κ2) is 7.93. The summed E-state index contributed by atoms with van der Waals surface area (Å²) in [4.78, 5) is 27.8. The smallest absolute Gasteiger partial charge is 0.257 e. The van der Waals surface area contributed by atoms with E-state index >= 15 is 0 Å². The third kappa shape index (κ3) is 4.29. The van der Waals surface area contributed by atoms with Crippen molar-refractivity contribution in [2.45, 2.75) is 13.5 Å². The molecule has 2 N–H and O–H groups in total. The minimum absolute atomic E-state index is 0.141. The number of hydrogen-bond donors (Lipinski definition) is 2. The fraction of sp³-hybridized carbons (Fsp3) is 0.235. The SMILES string of the molecule is CCOc1ncccc1C(=O)NCc1ccc(C(=O)NC)cc1. The average Bonchev–Trinajstić information content (AvgIpc) is 2.60. The number of amides is 2. The van der Waals surface area contributed by atoms with E-state index in [9.17, 15) is 9.59 Å². The van der Waals surface area contributed by atoms with E-state index in [1.807, 2.05) is 6.92 Å². The number of rotatable bonds is 6. The molecule has 120 valence electrons. The Balaban J connectivity index is 2.00. The number of carbonyl (C=O) groups is 2. The third-order valence-corrected chi connectivity index (χ3v) is 3.19. The largest absolute Gasteiger partial charge is 0.477 e. The molecule has 23 heavy (non-hydrogen) atoms. The van der Waals surface area contributed by atoms with Gasteiger partial charge in [-0.1, -0.05) is 12.1 Å². The van der Waals surface area contributed by atoms with Crippen LogP contribution in [0, 0.1) is 0 Å². The highest BCUT2D eigenvalue weighted by atomic mass is 16.5. The Kier molecular flexibility index (Phi) is 5.68. The first-order valence-electron chi connectivity index (χ1n) is 7.32. The first-order chi connectivity index (χ1) is 11.2. The van der Waals surface area contributed by atoms with Crippen molar-refractivity contribution in [2.75, 3.05) is 13.7 Å². The first-order valence-corrected chi connectivity index (χ1v) is 7.32. The summed E-state index contributed by atoms with van der Waals surface area (Å²) in [7, 11) is 1.58. The fourth-order valence-corrected chi connectivity index (χ4v) is 2.01. The van der Waals surface area contributed by atoms with E-state index in [4.69, 9.17) is 4.74 Å². The molecule has 2 amide bonds. The summed E-state index contributed by atoms with van der Waals surface area (Å²) < 4.78 is 5.35. The molecule has 0 aliphatic rings. The van der Waals surface area contributed by atoms with Gasteiger partial charge in [-0.2, -0.15) is 0 Å². The number of benzene rings is 1. The maximum atomic E-state index is 12.2. The van der Waals surface area contributed by atoms with Crippen molar-refractivity contribution in [3.05, 3.63) is 59.3 Å². The van der Waals surface area contributed by atoms with Crippen molar-refractivity contribution in [3.8, 4) is 5.88 Å². The molecular formula is C17H19N3O3. The second-order valence-electron chi connectivity index (χ2n) is 4.75. The number of pyridine rings is 1. The lowest BCUT2D eigenvalue weighted by Gasteiger charge is -2.09. The van der Waals surface area contributed by atoms with Gasteiger partial charge in [0, 0.05) is 25.4 Å². The molecule has 2 aromatic rings. The number of nitrogens with one attached hydrogen (secondary N) is 2. The third-order valence-electron chi connectivity index (χ3n) is 3.19. The predicted octanol–water partition coefficient (Wildman–Crippen LogP) is 1.77. The Morgan fingerprint density at radius 1 is 1.13 bits per heavy atom. The van der Waals surface area contributed by atoms with E-state index in [1.54, 1.807) is 49.6 Å². The van der Waals surface area contributed by atoms with Gasteiger partial charge in [0.05, 0.1) is 6.61 Å². The van der Waals surface area contributed by atoms with Crippen LogP contribution in [0.2, 0.25) is 0 Å². The summed E-state index contributed by atoms with van der Waals surface area (Å²) in [5.41, 5.74) is 1.87. The maximum absolute atomic E-state index is 12.2. The van der Waals surface area contributed by atoms with Crippen molar-refractivity contribution >= 4 is 11.8 Å². The lowest BCUT2D eigenvalue weighted by molar-refractivity contribution is 0.0942. The molecule has 0 aliphatic carbocycles. The van der Waals surface area contributed by atoms with Crippen molar-refractivity contribution in [1.29, 1.82) is 0 Å². The van der Waals surface area contributed by atoms with Gasteiger partial charge >= 0.3 is 0 Å². The van der Waals surface area contributed by atoms with E-state index in [2.05, 4.69) is 15.6 Å². The molecule has 6 heteroatoms. The van der Waals surface area contributed by atoms with Crippen molar-refractivity contribution < 1.29 is 14.3 Å². The van der Waals surface area contributed by atoms with Crippen LogP contribution >= 0.6 is 0 Å². The molecule has 1 aromatic carbocycles. The standard InChI is InChI=1S/C17H19N3O3/c1-3-23-17-14(5-4-10-19-17)16(22)20-11-12-6-8-13(9-7-12)15(21)18-2/h4-10H,3,11H2,1-2H3,(H,18,21)(H,20,22). The summed E-state index contributed by atoms with van der Waals surface area (Å²) in [5, 5.41) is 5.38. The lowest BCUT2D eigenvalue weighted by Crippen LogP contribution is -2.24. The lowest BCUT2D eigenvalue weighted by atomic mass is 10.1. The molecule has 0 saturated carbocycles. The van der Waals surface area contributed by atoms with Gasteiger partial charge in [0.1, 0.15) is 5.56 Å². The summed E-state index contributed by atoms with van der Waals surface area (Å²) in [6.45, 7) is 2.63. The molecule has 1 aromatic heterocycles. The topological polar surface area (TPSA) is 80.3 Å². The van der Waals surface area contributed by atoms with E-state index in [0.29, 0.717) is 30.2 Å². The van der Waals surface area contributed by atoms with Gasteiger partial charge in [-0.15, -0.1) is 0 Å². The van der Waals surface area contributed by atoms with E-state index in [1.165, 1.54) is 0 Å². The van der Waals surface area contributed by atoms with Crippen LogP contribution in [0.3, 0.4) is 0 Å². The number of hydrogen-bond acceptors (Lipinski definition) is 4. The average molecular weight is 313 g/mol. The summed E-state index contributed by atoms with van der Waals surface area (Å²) in [6.07, 6.45) is 1.58. The minimum atomic E-state index is -0.253. The molecule has 0 atom stereocenters. The molecule has 0 spiro atoms. The Hall–Kier alpha value is -2.89. The monoisotopic (exact) mass is 313 g/mol. The van der Waals surface area contributed by atoms with Gasteiger partial charge < -0.3 is 15.4 Å². The van der Waals surface area contributed by atoms with Gasteiger partial charge in [-0.3, -0.25) is 9.59 Å². The maximum Gasteiger partial charge on any atom is 0.257 e. The summed E-state index contributed by atoms with van der Waals surface area (Å²) in [6, 6.07) is 10.4. The molecule has 0 bridgehead atoms. The molecule has 2 rings (SSSR count).